The highest BCUT2D eigenvalue weighted by Gasteiger charge is 2.53. The van der Waals surface area contributed by atoms with Crippen LogP contribution in [0.25, 0.3) is 0 Å². The van der Waals surface area contributed by atoms with Crippen molar-refractivity contribution in [1.82, 2.24) is 5.32 Å². The first-order valence-corrected chi connectivity index (χ1v) is 7.89. The third-order valence-corrected chi connectivity index (χ3v) is 5.48. The molecule has 2 aliphatic rings. The maximum Gasteiger partial charge on any atom is 0.0133 e. The van der Waals surface area contributed by atoms with Gasteiger partial charge in [0.05, 0.1) is 0 Å². The minimum Gasteiger partial charge on any atom is -0.313 e. The van der Waals surface area contributed by atoms with E-state index >= 15 is 0 Å². The van der Waals surface area contributed by atoms with Crippen LogP contribution in [0.15, 0.2) is 24.3 Å². The number of nitrogens with one attached hydrogen (secondary N) is 1. The van der Waals surface area contributed by atoms with Gasteiger partial charge in [-0.05, 0) is 53.7 Å². The van der Waals surface area contributed by atoms with E-state index in [1.54, 1.807) is 11.1 Å². The van der Waals surface area contributed by atoms with Gasteiger partial charge in [-0.3, -0.25) is 0 Å². The fraction of sp³-hybridized carbons (Fsp3) is 0.667. The van der Waals surface area contributed by atoms with Gasteiger partial charge < -0.3 is 5.32 Å². The molecular formula is C18H27N. The summed E-state index contributed by atoms with van der Waals surface area (Å²) in [6, 6.07) is 9.89. The van der Waals surface area contributed by atoms with Crippen LogP contribution in [0.3, 0.4) is 0 Å². The highest BCUT2D eigenvalue weighted by Crippen LogP contribution is 2.57. The van der Waals surface area contributed by atoms with Crippen LogP contribution >= 0.6 is 0 Å². The normalized spacial score (nSPS) is 35.2. The van der Waals surface area contributed by atoms with Gasteiger partial charge in [-0.15, -0.1) is 0 Å². The van der Waals surface area contributed by atoms with E-state index in [9.17, 15) is 0 Å². The molecule has 4 atom stereocenters. The summed E-state index contributed by atoms with van der Waals surface area (Å²) >= 11 is 0. The monoisotopic (exact) mass is 257 g/mol. The Morgan fingerprint density at radius 1 is 1.26 bits per heavy atom. The third-order valence-electron chi connectivity index (χ3n) is 5.48. The minimum atomic E-state index is 0.337. The van der Waals surface area contributed by atoms with Gasteiger partial charge in [0.15, 0.2) is 0 Å². The molecule has 0 aromatic heterocycles. The van der Waals surface area contributed by atoms with Crippen LogP contribution in [0.5, 0.6) is 0 Å². The molecule has 1 heteroatoms. The van der Waals surface area contributed by atoms with Crippen LogP contribution in [-0.4, -0.2) is 12.6 Å². The van der Waals surface area contributed by atoms with Crippen molar-refractivity contribution in [1.29, 1.82) is 0 Å². The van der Waals surface area contributed by atoms with E-state index in [0.717, 1.165) is 23.8 Å². The summed E-state index contributed by atoms with van der Waals surface area (Å²) in [4.78, 5) is 0. The Kier molecular flexibility index (Phi) is 3.21. The van der Waals surface area contributed by atoms with Crippen molar-refractivity contribution >= 4 is 0 Å². The van der Waals surface area contributed by atoms with Crippen molar-refractivity contribution in [2.75, 3.05) is 6.54 Å². The number of fused-ring (bicyclic) bond motifs is 3. The summed E-state index contributed by atoms with van der Waals surface area (Å²) in [6.07, 6.45) is 2.57. The van der Waals surface area contributed by atoms with Crippen molar-refractivity contribution in [2.24, 2.45) is 11.8 Å². The van der Waals surface area contributed by atoms with Crippen LogP contribution in [0.2, 0.25) is 0 Å². The molecule has 1 fully saturated rings. The van der Waals surface area contributed by atoms with E-state index in [2.05, 4.69) is 57.3 Å². The number of rotatable bonds is 3. The van der Waals surface area contributed by atoms with Crippen molar-refractivity contribution in [2.45, 2.75) is 57.9 Å². The van der Waals surface area contributed by atoms with Gasteiger partial charge in [0, 0.05) is 6.04 Å². The van der Waals surface area contributed by atoms with Crippen molar-refractivity contribution < 1.29 is 0 Å². The summed E-state index contributed by atoms with van der Waals surface area (Å²) < 4.78 is 0. The van der Waals surface area contributed by atoms with Gasteiger partial charge >= 0.3 is 0 Å². The number of benzene rings is 1. The lowest BCUT2D eigenvalue weighted by Crippen LogP contribution is -2.59. The molecule has 4 unspecified atom stereocenters. The first-order chi connectivity index (χ1) is 9.06. The molecule has 0 bridgehead atoms. The third kappa shape index (κ3) is 1.94. The Morgan fingerprint density at radius 3 is 2.74 bits per heavy atom. The van der Waals surface area contributed by atoms with Crippen LogP contribution in [0.1, 0.15) is 57.6 Å². The molecule has 0 aliphatic heterocycles. The van der Waals surface area contributed by atoms with Crippen molar-refractivity contribution in [3.63, 3.8) is 0 Å². The second-order valence-electron chi connectivity index (χ2n) is 7.20. The molecule has 0 heterocycles. The van der Waals surface area contributed by atoms with Gasteiger partial charge in [0.2, 0.25) is 0 Å². The maximum absolute atomic E-state index is 3.79. The molecule has 0 radical (unpaired) electrons. The van der Waals surface area contributed by atoms with Gasteiger partial charge in [-0.25, -0.2) is 0 Å². The zero-order chi connectivity index (χ0) is 13.6. The molecule has 0 saturated heterocycles. The van der Waals surface area contributed by atoms with Crippen molar-refractivity contribution in [3.05, 3.63) is 35.4 Å². The second kappa shape index (κ2) is 4.63. The minimum absolute atomic E-state index is 0.337. The average molecular weight is 257 g/mol. The summed E-state index contributed by atoms with van der Waals surface area (Å²) in [6.45, 7) is 10.7. The first kappa shape index (κ1) is 13.2. The molecule has 1 aromatic carbocycles. The van der Waals surface area contributed by atoms with Crippen LogP contribution < -0.4 is 5.32 Å². The lowest BCUT2D eigenvalue weighted by Gasteiger charge is -2.58. The largest absolute Gasteiger partial charge is 0.313 e. The van der Waals surface area contributed by atoms with Crippen LogP contribution in [0, 0.1) is 11.8 Å². The summed E-state index contributed by atoms with van der Waals surface area (Å²) in [5.74, 6) is 2.42. The van der Waals surface area contributed by atoms with Gasteiger partial charge in [-0.1, -0.05) is 52.0 Å². The lowest BCUT2D eigenvalue weighted by atomic mass is 9.49. The fourth-order valence-corrected chi connectivity index (χ4v) is 4.60. The van der Waals surface area contributed by atoms with Gasteiger partial charge in [-0.2, -0.15) is 0 Å². The Bertz CT molecular complexity index is 463. The van der Waals surface area contributed by atoms with Crippen molar-refractivity contribution in [3.8, 4) is 0 Å². The van der Waals surface area contributed by atoms with E-state index in [0.29, 0.717) is 5.41 Å². The number of hydrogen-bond acceptors (Lipinski definition) is 1. The van der Waals surface area contributed by atoms with Crippen LogP contribution in [0.4, 0.5) is 0 Å². The highest BCUT2D eigenvalue weighted by molar-refractivity contribution is 5.42. The Hall–Kier alpha value is -0.820. The number of hydrogen-bond donors (Lipinski definition) is 1. The van der Waals surface area contributed by atoms with E-state index in [1.165, 1.54) is 19.4 Å². The zero-order valence-electron chi connectivity index (χ0n) is 12.7. The molecule has 19 heavy (non-hydrogen) atoms. The molecule has 1 N–H and O–H groups in total. The van der Waals surface area contributed by atoms with Gasteiger partial charge in [0.25, 0.3) is 0 Å². The molecule has 1 saturated carbocycles. The van der Waals surface area contributed by atoms with E-state index in [-0.39, 0.29) is 0 Å². The Balaban J connectivity index is 1.91. The second-order valence-corrected chi connectivity index (χ2v) is 7.20. The lowest BCUT2D eigenvalue weighted by molar-refractivity contribution is 0.0444. The highest BCUT2D eigenvalue weighted by atomic mass is 15.0. The average Bonchev–Trinajstić information content (AvgIpc) is 2.38. The first-order valence-electron chi connectivity index (χ1n) is 7.89. The predicted octanol–water partition coefficient (Wildman–Crippen LogP) is 4.09. The SMILES string of the molecule is CCCNC1C(C)C2c3ccccc3C(C)(C)CC12. The molecule has 1 aromatic rings. The molecular weight excluding hydrogens is 230 g/mol. The zero-order valence-corrected chi connectivity index (χ0v) is 12.7. The fourth-order valence-electron chi connectivity index (χ4n) is 4.60. The Labute approximate surface area is 117 Å². The molecule has 0 spiro atoms. The summed E-state index contributed by atoms with van der Waals surface area (Å²) in [5.41, 5.74) is 3.56. The Morgan fingerprint density at radius 2 is 2.00 bits per heavy atom. The summed E-state index contributed by atoms with van der Waals surface area (Å²) in [5, 5.41) is 3.79. The topological polar surface area (TPSA) is 12.0 Å². The van der Waals surface area contributed by atoms with Gasteiger partial charge in [0.1, 0.15) is 0 Å². The molecule has 0 amide bonds. The molecule has 3 rings (SSSR count). The predicted molar refractivity (Wildman–Crippen MR) is 81.6 cm³/mol. The molecule has 2 aliphatic carbocycles. The van der Waals surface area contributed by atoms with E-state index < -0.39 is 0 Å². The summed E-state index contributed by atoms with van der Waals surface area (Å²) in [7, 11) is 0. The van der Waals surface area contributed by atoms with Crippen LogP contribution in [-0.2, 0) is 5.41 Å². The van der Waals surface area contributed by atoms with E-state index in [1.807, 2.05) is 0 Å². The quantitative estimate of drug-likeness (QED) is 0.860. The smallest absolute Gasteiger partial charge is 0.0133 e. The molecule has 104 valence electrons. The maximum atomic E-state index is 3.79. The molecule has 1 nitrogen and oxygen atoms in total. The van der Waals surface area contributed by atoms with E-state index in [4.69, 9.17) is 0 Å². The standard InChI is InChI=1S/C18H27N/c1-5-10-19-17-12(2)16-13-8-6-7-9-15(13)18(3,4)11-14(16)17/h6-9,12,14,16-17,19H,5,10-11H2,1-4H3.